The maximum atomic E-state index is 11.0. The van der Waals surface area contributed by atoms with Gasteiger partial charge in [-0.2, -0.15) is 0 Å². The highest BCUT2D eigenvalue weighted by molar-refractivity contribution is 5.75. The summed E-state index contributed by atoms with van der Waals surface area (Å²) in [4.78, 5) is 11.0. The van der Waals surface area contributed by atoms with E-state index in [4.69, 9.17) is 4.74 Å². The first-order valence-corrected chi connectivity index (χ1v) is 4.54. The summed E-state index contributed by atoms with van der Waals surface area (Å²) in [6, 6.07) is 0. The molecule has 1 N–H and O–H groups in total. The zero-order valence-corrected chi connectivity index (χ0v) is 8.22. The molecule has 1 atom stereocenters. The third-order valence-electron chi connectivity index (χ3n) is 1.79. The molecule has 0 aromatic carbocycles. The summed E-state index contributed by atoms with van der Waals surface area (Å²) in [5.74, 6) is 0.119. The van der Waals surface area contributed by atoms with Gasteiger partial charge >= 0.3 is 0 Å². The lowest BCUT2D eigenvalue weighted by atomic mass is 10.2. The van der Waals surface area contributed by atoms with Crippen molar-refractivity contribution in [2.75, 3.05) is 13.7 Å². The van der Waals surface area contributed by atoms with Crippen LogP contribution in [0.25, 0.3) is 0 Å². The average Bonchev–Trinajstić information content (AvgIpc) is 2.07. The number of rotatable bonds is 6. The van der Waals surface area contributed by atoms with Gasteiger partial charge in [0.05, 0.1) is 6.10 Å². The monoisotopic (exact) mass is 173 g/mol. The van der Waals surface area contributed by atoms with Crippen molar-refractivity contribution >= 4 is 5.91 Å². The van der Waals surface area contributed by atoms with E-state index in [2.05, 4.69) is 5.32 Å². The molecule has 3 heteroatoms. The number of carbonyl (C=O) groups is 1. The second-order valence-electron chi connectivity index (χ2n) is 2.82. The molecule has 1 amide bonds. The highest BCUT2D eigenvalue weighted by Crippen LogP contribution is 1.94. The van der Waals surface area contributed by atoms with Crippen molar-refractivity contribution in [1.29, 1.82) is 0 Å². The number of hydrogen-bond donors (Lipinski definition) is 1. The lowest BCUT2D eigenvalue weighted by Gasteiger charge is -2.13. The fraction of sp³-hybridized carbons (Fsp3) is 0.889. The van der Waals surface area contributed by atoms with E-state index in [-0.39, 0.29) is 12.0 Å². The van der Waals surface area contributed by atoms with Crippen molar-refractivity contribution in [1.82, 2.24) is 5.32 Å². The third-order valence-corrected chi connectivity index (χ3v) is 1.79. The Labute approximate surface area is 74.5 Å². The Kier molecular flexibility index (Phi) is 6.76. The number of amides is 1. The van der Waals surface area contributed by atoms with Crippen LogP contribution in [0.3, 0.4) is 0 Å². The van der Waals surface area contributed by atoms with Crippen LogP contribution in [0.2, 0.25) is 0 Å². The van der Waals surface area contributed by atoms with E-state index in [0.717, 1.165) is 12.8 Å². The van der Waals surface area contributed by atoms with E-state index in [1.54, 1.807) is 7.11 Å². The molecule has 0 bridgehead atoms. The highest BCUT2D eigenvalue weighted by atomic mass is 16.5. The highest BCUT2D eigenvalue weighted by Gasteiger charge is 2.05. The van der Waals surface area contributed by atoms with Crippen LogP contribution >= 0.6 is 0 Å². The Bertz CT molecular complexity index is 122. The largest absolute Gasteiger partial charge is 0.380 e. The first kappa shape index (κ1) is 11.4. The van der Waals surface area contributed by atoms with E-state index >= 15 is 0 Å². The minimum Gasteiger partial charge on any atom is -0.380 e. The predicted molar refractivity (Wildman–Crippen MR) is 49.0 cm³/mol. The molecule has 3 nitrogen and oxygen atoms in total. The summed E-state index contributed by atoms with van der Waals surface area (Å²) in [6.45, 7) is 4.67. The molecule has 0 saturated carbocycles. The van der Waals surface area contributed by atoms with E-state index in [1.807, 2.05) is 13.8 Å². The number of nitrogens with one attached hydrogen (secondary N) is 1. The van der Waals surface area contributed by atoms with Crippen LogP contribution in [0.15, 0.2) is 0 Å². The Balaban J connectivity index is 3.44. The molecule has 0 aromatic rings. The van der Waals surface area contributed by atoms with E-state index in [0.29, 0.717) is 13.0 Å². The minimum atomic E-state index is 0.119. The van der Waals surface area contributed by atoms with Crippen LogP contribution in [0.4, 0.5) is 0 Å². The summed E-state index contributed by atoms with van der Waals surface area (Å²) in [5, 5.41) is 2.82. The third kappa shape index (κ3) is 5.13. The topological polar surface area (TPSA) is 38.3 Å². The Hall–Kier alpha value is -0.570. The normalized spacial score (nSPS) is 12.6. The molecular formula is C9H19NO2. The molecule has 0 saturated heterocycles. The summed E-state index contributed by atoms with van der Waals surface area (Å²) in [7, 11) is 1.67. The lowest BCUT2D eigenvalue weighted by molar-refractivity contribution is -0.121. The maximum Gasteiger partial charge on any atom is 0.220 e. The van der Waals surface area contributed by atoms with Gasteiger partial charge in [-0.3, -0.25) is 4.79 Å². The SMILES string of the molecule is CCCC(=O)NCC(CC)OC. The smallest absolute Gasteiger partial charge is 0.220 e. The standard InChI is InChI=1S/C9H19NO2/c1-4-6-9(11)10-7-8(5-2)12-3/h8H,4-7H2,1-3H3,(H,10,11). The molecule has 72 valence electrons. The van der Waals surface area contributed by atoms with Crippen LogP contribution in [-0.4, -0.2) is 25.7 Å². The molecule has 0 fully saturated rings. The fourth-order valence-corrected chi connectivity index (χ4v) is 0.937. The average molecular weight is 173 g/mol. The first-order chi connectivity index (χ1) is 5.74. The predicted octanol–water partition coefficient (Wildman–Crippen LogP) is 1.33. The summed E-state index contributed by atoms with van der Waals surface area (Å²) >= 11 is 0. The summed E-state index contributed by atoms with van der Waals surface area (Å²) < 4.78 is 5.11. The molecule has 12 heavy (non-hydrogen) atoms. The zero-order chi connectivity index (χ0) is 9.40. The summed E-state index contributed by atoms with van der Waals surface area (Å²) in [5.41, 5.74) is 0. The van der Waals surface area contributed by atoms with Crippen LogP contribution in [0.5, 0.6) is 0 Å². The Morgan fingerprint density at radius 3 is 2.58 bits per heavy atom. The Morgan fingerprint density at radius 2 is 2.17 bits per heavy atom. The molecule has 0 heterocycles. The van der Waals surface area contributed by atoms with Gasteiger partial charge in [0.1, 0.15) is 0 Å². The Morgan fingerprint density at radius 1 is 1.50 bits per heavy atom. The van der Waals surface area contributed by atoms with E-state index in [1.165, 1.54) is 0 Å². The molecular weight excluding hydrogens is 154 g/mol. The van der Waals surface area contributed by atoms with Gasteiger partial charge in [-0.15, -0.1) is 0 Å². The van der Waals surface area contributed by atoms with Crippen LogP contribution in [-0.2, 0) is 9.53 Å². The number of methoxy groups -OCH3 is 1. The van der Waals surface area contributed by atoms with Crippen LogP contribution in [0, 0.1) is 0 Å². The van der Waals surface area contributed by atoms with Crippen molar-refractivity contribution in [3.05, 3.63) is 0 Å². The van der Waals surface area contributed by atoms with Gasteiger partial charge in [0.15, 0.2) is 0 Å². The van der Waals surface area contributed by atoms with Gasteiger partial charge in [-0.05, 0) is 12.8 Å². The molecule has 0 aliphatic heterocycles. The second kappa shape index (κ2) is 7.10. The van der Waals surface area contributed by atoms with Gasteiger partial charge in [-0.25, -0.2) is 0 Å². The maximum absolute atomic E-state index is 11.0. The first-order valence-electron chi connectivity index (χ1n) is 4.54. The molecule has 0 radical (unpaired) electrons. The minimum absolute atomic E-state index is 0.119. The zero-order valence-electron chi connectivity index (χ0n) is 8.22. The fourth-order valence-electron chi connectivity index (χ4n) is 0.937. The van der Waals surface area contributed by atoms with Gasteiger partial charge in [0.25, 0.3) is 0 Å². The van der Waals surface area contributed by atoms with Gasteiger partial charge < -0.3 is 10.1 Å². The molecule has 0 rings (SSSR count). The van der Waals surface area contributed by atoms with Gasteiger partial charge in [0, 0.05) is 20.1 Å². The lowest BCUT2D eigenvalue weighted by Crippen LogP contribution is -2.32. The molecule has 0 aliphatic carbocycles. The summed E-state index contributed by atoms with van der Waals surface area (Å²) in [6.07, 6.45) is 2.60. The molecule has 0 spiro atoms. The van der Waals surface area contributed by atoms with Crippen molar-refractivity contribution < 1.29 is 9.53 Å². The van der Waals surface area contributed by atoms with Gasteiger partial charge in [-0.1, -0.05) is 13.8 Å². The van der Waals surface area contributed by atoms with Crippen molar-refractivity contribution in [3.63, 3.8) is 0 Å². The molecule has 0 aliphatic rings. The number of hydrogen-bond acceptors (Lipinski definition) is 2. The van der Waals surface area contributed by atoms with Crippen molar-refractivity contribution in [2.45, 2.75) is 39.2 Å². The van der Waals surface area contributed by atoms with Crippen molar-refractivity contribution in [2.24, 2.45) is 0 Å². The van der Waals surface area contributed by atoms with Crippen molar-refractivity contribution in [3.8, 4) is 0 Å². The van der Waals surface area contributed by atoms with Crippen LogP contribution < -0.4 is 5.32 Å². The van der Waals surface area contributed by atoms with Gasteiger partial charge in [0.2, 0.25) is 5.91 Å². The van der Waals surface area contributed by atoms with E-state index < -0.39 is 0 Å². The number of ether oxygens (including phenoxy) is 1. The second-order valence-corrected chi connectivity index (χ2v) is 2.82. The number of carbonyl (C=O) groups excluding carboxylic acids is 1. The molecule has 0 aromatic heterocycles. The quantitative estimate of drug-likeness (QED) is 0.658. The molecule has 1 unspecified atom stereocenters. The van der Waals surface area contributed by atoms with Crippen LogP contribution in [0.1, 0.15) is 33.1 Å². The van der Waals surface area contributed by atoms with E-state index in [9.17, 15) is 4.79 Å².